The lowest BCUT2D eigenvalue weighted by atomic mass is 9.93. The van der Waals surface area contributed by atoms with E-state index in [1.54, 1.807) is 27.7 Å². The first-order chi connectivity index (χ1) is 31.7. The third kappa shape index (κ3) is 17.5. The number of rotatable bonds is 24. The molecule has 0 aliphatic carbocycles. The van der Waals surface area contributed by atoms with Crippen molar-refractivity contribution in [2.45, 2.75) is 201 Å². The maximum atomic E-state index is 13.9. The van der Waals surface area contributed by atoms with Gasteiger partial charge in [-0.3, -0.25) is 52.7 Å². The Hall–Kier alpha value is -5.87. The van der Waals surface area contributed by atoms with Crippen molar-refractivity contribution < 1.29 is 62.6 Å². The third-order valence-corrected chi connectivity index (χ3v) is 12.0. The highest BCUT2D eigenvalue weighted by Gasteiger charge is 2.44. The van der Waals surface area contributed by atoms with Gasteiger partial charge in [0.2, 0.25) is 59.1 Å². The van der Waals surface area contributed by atoms with E-state index in [0.717, 1.165) is 0 Å². The lowest BCUT2D eigenvalue weighted by Gasteiger charge is -2.36. The van der Waals surface area contributed by atoms with Crippen LogP contribution < -0.4 is 47.9 Å². The first kappa shape index (κ1) is 62.1. The maximum absolute atomic E-state index is 13.9. The van der Waals surface area contributed by atoms with Crippen LogP contribution in [0.15, 0.2) is 0 Å². The minimum atomic E-state index is -1.74. The molecule has 23 heteroatoms. The first-order valence-electron chi connectivity index (χ1n) is 23.6. The second-order valence-electron chi connectivity index (χ2n) is 21.6. The lowest BCUT2D eigenvalue weighted by molar-refractivity contribution is -0.148. The molecule has 1 fully saturated rings. The summed E-state index contributed by atoms with van der Waals surface area (Å²) in [5, 5.41) is 33.3. The number of hydrogen-bond acceptors (Lipinski definition) is 13. The van der Waals surface area contributed by atoms with Gasteiger partial charge in [0.1, 0.15) is 58.0 Å². The highest BCUT2D eigenvalue weighted by atomic mass is 16.5. The molecule has 0 aromatic carbocycles. The van der Waals surface area contributed by atoms with E-state index >= 15 is 0 Å². The molecule has 0 radical (unpaired) electrons. The van der Waals surface area contributed by atoms with Crippen LogP contribution in [0.5, 0.6) is 0 Å². The molecule has 0 aromatic rings. The molecule has 398 valence electrons. The average Bonchev–Trinajstić information content (AvgIpc) is 3.68. The van der Waals surface area contributed by atoms with Gasteiger partial charge in [0.25, 0.3) is 0 Å². The molecule has 10 amide bonds. The molecule has 1 heterocycles. The Morgan fingerprint density at radius 1 is 0.557 bits per heavy atom. The van der Waals surface area contributed by atoms with Crippen molar-refractivity contribution >= 4 is 65.0 Å². The number of amides is 10. The van der Waals surface area contributed by atoms with Crippen molar-refractivity contribution in [3.05, 3.63) is 0 Å². The third-order valence-electron chi connectivity index (χ3n) is 12.0. The Kier molecular flexibility index (Phi) is 21.6. The smallest absolute Gasteiger partial charge is 0.302 e. The van der Waals surface area contributed by atoms with Gasteiger partial charge >= 0.3 is 5.97 Å². The molecule has 0 saturated carbocycles. The Morgan fingerprint density at radius 3 is 1.39 bits per heavy atom. The number of ether oxygens (including phenoxy) is 1. The van der Waals surface area contributed by atoms with Gasteiger partial charge in [0.15, 0.2) is 0 Å². The van der Waals surface area contributed by atoms with Gasteiger partial charge in [-0.25, -0.2) is 0 Å². The Balaban J connectivity index is 3.10. The zero-order chi connectivity index (χ0) is 54.7. The van der Waals surface area contributed by atoms with E-state index in [1.165, 1.54) is 102 Å². The SMILES string of the molecule is CCC(C)[C@H](NC(=O)C(C)(C)NC(=O)[C@@H](NC(=O)C(C)(C)NC(=O)C(C)(C)NC(C)=O)C(C)C)C(=O)NC(C)(C)C(=O)NC(C)(C)C(=O)N[C@@H](CO)C(=O)NC(C)(C)C(=O)N1CCC[C@H]1COC(C)=O. The number of esters is 1. The topological polar surface area (TPSA) is 329 Å². The normalized spacial score (nSPS) is 16.3. The molecule has 5 atom stereocenters. The summed E-state index contributed by atoms with van der Waals surface area (Å²) >= 11 is 0. The monoisotopic (exact) mass is 995 g/mol. The van der Waals surface area contributed by atoms with Gasteiger partial charge in [-0.15, -0.1) is 0 Å². The van der Waals surface area contributed by atoms with Crippen molar-refractivity contribution in [1.82, 2.24) is 52.8 Å². The van der Waals surface area contributed by atoms with Crippen LogP contribution in [0.4, 0.5) is 0 Å². The summed E-state index contributed by atoms with van der Waals surface area (Å²) in [6.45, 7) is 25.7. The summed E-state index contributed by atoms with van der Waals surface area (Å²) in [5.41, 5.74) is -9.53. The van der Waals surface area contributed by atoms with E-state index in [1.807, 2.05) is 0 Å². The quantitative estimate of drug-likeness (QED) is 0.0524. The van der Waals surface area contributed by atoms with Crippen molar-refractivity contribution in [2.75, 3.05) is 19.8 Å². The average molecular weight is 995 g/mol. The number of likely N-dealkylation sites (tertiary alicyclic amines) is 1. The largest absolute Gasteiger partial charge is 0.464 e. The molecule has 70 heavy (non-hydrogen) atoms. The second-order valence-corrected chi connectivity index (χ2v) is 21.6. The first-order valence-corrected chi connectivity index (χ1v) is 23.6. The molecule has 1 saturated heterocycles. The van der Waals surface area contributed by atoms with Crippen LogP contribution in [0.1, 0.15) is 144 Å². The molecular formula is C47H82N10O13. The van der Waals surface area contributed by atoms with E-state index in [0.29, 0.717) is 25.8 Å². The zero-order valence-electron chi connectivity index (χ0n) is 44.5. The number of nitrogens with zero attached hydrogens (tertiary/aromatic N) is 1. The van der Waals surface area contributed by atoms with Crippen LogP contribution in [-0.2, 0) is 57.5 Å². The summed E-state index contributed by atoms with van der Waals surface area (Å²) in [6.07, 6.45) is 1.64. The molecule has 0 aromatic heterocycles. The number of carbonyl (C=O) groups is 11. The van der Waals surface area contributed by atoms with Crippen molar-refractivity contribution in [3.63, 3.8) is 0 Å². The predicted molar refractivity (Wildman–Crippen MR) is 258 cm³/mol. The number of nitrogens with one attached hydrogen (secondary N) is 9. The van der Waals surface area contributed by atoms with Gasteiger partial charge in [-0.05, 0) is 108 Å². The summed E-state index contributed by atoms with van der Waals surface area (Å²) in [6, 6.07) is -4.37. The fraction of sp³-hybridized carbons (Fsp3) is 0.766. The van der Waals surface area contributed by atoms with Crippen LogP contribution in [0.3, 0.4) is 0 Å². The molecule has 23 nitrogen and oxygen atoms in total. The van der Waals surface area contributed by atoms with Crippen molar-refractivity contribution in [1.29, 1.82) is 0 Å². The van der Waals surface area contributed by atoms with E-state index in [4.69, 9.17) is 4.74 Å². The Morgan fingerprint density at radius 2 is 0.957 bits per heavy atom. The van der Waals surface area contributed by atoms with Gasteiger partial charge in [0.05, 0.1) is 12.6 Å². The maximum Gasteiger partial charge on any atom is 0.302 e. The molecule has 1 aliphatic heterocycles. The fourth-order valence-corrected chi connectivity index (χ4v) is 7.09. The van der Waals surface area contributed by atoms with Gasteiger partial charge in [0, 0.05) is 20.4 Å². The summed E-state index contributed by atoms with van der Waals surface area (Å²) in [5.74, 6) is -8.72. The van der Waals surface area contributed by atoms with E-state index in [9.17, 15) is 57.8 Å². The minimum Gasteiger partial charge on any atom is -0.464 e. The van der Waals surface area contributed by atoms with Gasteiger partial charge in [-0.1, -0.05) is 34.1 Å². The number of hydrogen-bond donors (Lipinski definition) is 10. The Labute approximate surface area is 412 Å². The predicted octanol–water partition coefficient (Wildman–Crippen LogP) is -0.922. The highest BCUT2D eigenvalue weighted by molar-refractivity contribution is 6.01. The van der Waals surface area contributed by atoms with Crippen molar-refractivity contribution in [3.8, 4) is 0 Å². The molecule has 0 bridgehead atoms. The standard InChI is InChI=1S/C47H82N10O13/c1-19-26(4)32(50-37(65)42(7,8)53-34(62)31(25(2)3)49-38(66)44(11,12)55-39(67)45(13,14)51-27(5)59)35(63)54-46(15,16)40(68)56-43(9,10)36(64)48-30(23-58)33(61)52-47(17,18)41(69)57-22-20-21-29(57)24-70-28(6)60/h25-26,29-32,58H,19-24H2,1-18H3,(H,48,64)(H,49,66)(H,50,65)(H,51,59)(H,52,61)(H,53,62)(H,54,63)(H,55,67)(H,56,68)/t26?,29-,30-,31-,32-/m0/s1. The van der Waals surface area contributed by atoms with E-state index in [-0.39, 0.29) is 12.6 Å². The summed E-state index contributed by atoms with van der Waals surface area (Å²) < 4.78 is 5.10. The fourth-order valence-electron chi connectivity index (χ4n) is 7.09. The van der Waals surface area contributed by atoms with Gasteiger partial charge < -0.3 is 62.6 Å². The Bertz CT molecular complexity index is 2000. The van der Waals surface area contributed by atoms with Crippen LogP contribution >= 0.6 is 0 Å². The van der Waals surface area contributed by atoms with E-state index in [2.05, 4.69) is 47.9 Å². The molecule has 0 spiro atoms. The molecular weight excluding hydrogens is 913 g/mol. The zero-order valence-corrected chi connectivity index (χ0v) is 44.5. The van der Waals surface area contributed by atoms with Crippen LogP contribution in [-0.4, -0.2) is 152 Å². The summed E-state index contributed by atoms with van der Waals surface area (Å²) in [7, 11) is 0. The van der Waals surface area contributed by atoms with Crippen LogP contribution in [0.2, 0.25) is 0 Å². The molecule has 1 unspecified atom stereocenters. The molecule has 1 rings (SSSR count). The number of aliphatic hydroxyl groups is 1. The number of aliphatic hydroxyl groups excluding tert-OH is 1. The van der Waals surface area contributed by atoms with Crippen LogP contribution in [0, 0.1) is 11.8 Å². The minimum absolute atomic E-state index is 0.00446. The van der Waals surface area contributed by atoms with Crippen molar-refractivity contribution in [2.24, 2.45) is 11.8 Å². The molecule has 10 N–H and O–H groups in total. The number of carbonyl (C=O) groups excluding carboxylic acids is 11. The molecule has 1 aliphatic rings. The summed E-state index contributed by atoms with van der Waals surface area (Å²) in [4.78, 5) is 147. The lowest BCUT2D eigenvalue weighted by Crippen LogP contribution is -2.67. The van der Waals surface area contributed by atoms with Crippen LogP contribution in [0.25, 0.3) is 0 Å². The second kappa shape index (κ2) is 24.3. The van der Waals surface area contributed by atoms with E-state index < -0.39 is 135 Å². The highest BCUT2D eigenvalue weighted by Crippen LogP contribution is 2.23. The van der Waals surface area contributed by atoms with Gasteiger partial charge in [-0.2, -0.15) is 0 Å².